The van der Waals surface area contributed by atoms with Crippen LogP contribution in [0.4, 0.5) is 34.1 Å². The topological polar surface area (TPSA) is 6.48 Å². The van der Waals surface area contributed by atoms with Gasteiger partial charge in [0.1, 0.15) is 0 Å². The fraction of sp³-hybridized carbons (Fsp3) is 0. The Kier molecular flexibility index (Phi) is 7.50. The highest BCUT2D eigenvalue weighted by Crippen LogP contribution is 2.47. The minimum Gasteiger partial charge on any atom is -0.308 e. The van der Waals surface area contributed by atoms with Gasteiger partial charge in [0, 0.05) is 28.3 Å². The minimum absolute atomic E-state index is 1.08. The van der Waals surface area contributed by atoms with E-state index in [0.29, 0.717) is 0 Å². The zero-order valence-corrected chi connectivity index (χ0v) is 22.2. The van der Waals surface area contributed by atoms with Crippen molar-refractivity contribution in [2.45, 2.75) is 0 Å². The molecule has 0 radical (unpaired) electrons. The van der Waals surface area contributed by atoms with Crippen LogP contribution in [0.5, 0.6) is 0 Å². The lowest BCUT2D eigenvalue weighted by atomic mass is 10.0. The van der Waals surface area contributed by atoms with Crippen molar-refractivity contribution in [2.75, 3.05) is 9.80 Å². The van der Waals surface area contributed by atoms with Crippen LogP contribution in [0.3, 0.4) is 0 Å². The molecule has 0 aliphatic rings. The highest BCUT2D eigenvalue weighted by Gasteiger charge is 2.24. The third-order valence-electron chi connectivity index (χ3n) is 6.82. The Morgan fingerprint density at radius 2 is 0.725 bits per heavy atom. The Bertz CT molecular complexity index is 1580. The molecule has 0 unspecified atom stereocenters. The summed E-state index contributed by atoms with van der Waals surface area (Å²) in [5, 5.41) is 0. The molecule has 6 rings (SSSR count). The van der Waals surface area contributed by atoms with Gasteiger partial charge in [0.05, 0.1) is 11.4 Å². The summed E-state index contributed by atoms with van der Waals surface area (Å²) in [6.45, 7) is 0. The van der Waals surface area contributed by atoms with Gasteiger partial charge in [0.2, 0.25) is 0 Å². The van der Waals surface area contributed by atoms with E-state index in [1.807, 2.05) is 6.07 Å². The number of rotatable bonds is 8. The summed E-state index contributed by atoms with van der Waals surface area (Å²) in [6, 6.07) is 59.4. The second-order valence-corrected chi connectivity index (χ2v) is 9.47. The van der Waals surface area contributed by atoms with Gasteiger partial charge >= 0.3 is 0 Å². The number of anilines is 6. The van der Waals surface area contributed by atoms with Crippen LogP contribution in [0.1, 0.15) is 11.1 Å². The van der Waals surface area contributed by atoms with E-state index in [-0.39, 0.29) is 0 Å². The fourth-order valence-electron chi connectivity index (χ4n) is 5.00. The lowest BCUT2D eigenvalue weighted by molar-refractivity contribution is 1.22. The SMILES string of the molecule is C(=Cc1cccc(N(c2ccccc2)c2ccccc2)c1N(c1ccccc1)c1ccccc1)c1ccccc1. The molecule has 0 bridgehead atoms. The summed E-state index contributed by atoms with van der Waals surface area (Å²) in [7, 11) is 0. The van der Waals surface area contributed by atoms with E-state index < -0.39 is 0 Å². The van der Waals surface area contributed by atoms with Crippen molar-refractivity contribution in [2.24, 2.45) is 0 Å². The average molecular weight is 515 g/mol. The van der Waals surface area contributed by atoms with Gasteiger partial charge in [-0.2, -0.15) is 0 Å². The Balaban J connectivity index is 1.65. The molecule has 0 saturated carbocycles. The molecule has 192 valence electrons. The third-order valence-corrected chi connectivity index (χ3v) is 6.82. The fourth-order valence-corrected chi connectivity index (χ4v) is 5.00. The van der Waals surface area contributed by atoms with Gasteiger partial charge in [-0.3, -0.25) is 0 Å². The average Bonchev–Trinajstić information content (AvgIpc) is 3.04. The molecule has 0 atom stereocenters. The Labute approximate surface area is 236 Å². The third kappa shape index (κ3) is 5.43. The standard InChI is InChI=1S/C38H30N2/c1-6-17-31(18-7-1)29-30-32-19-16-28-37(39(33-20-8-2-9-21-33)34-22-10-3-11-23-34)38(32)40(35-24-12-4-13-25-35)36-26-14-5-15-27-36/h1-30H. The predicted molar refractivity (Wildman–Crippen MR) is 171 cm³/mol. The molecule has 0 amide bonds. The van der Waals surface area contributed by atoms with Crippen molar-refractivity contribution in [3.63, 3.8) is 0 Å². The first-order valence-electron chi connectivity index (χ1n) is 13.5. The second-order valence-electron chi connectivity index (χ2n) is 9.47. The van der Waals surface area contributed by atoms with Crippen LogP contribution in [-0.2, 0) is 0 Å². The number of para-hydroxylation sites is 5. The van der Waals surface area contributed by atoms with Crippen molar-refractivity contribution in [3.8, 4) is 0 Å². The van der Waals surface area contributed by atoms with Gasteiger partial charge in [-0.05, 0) is 60.2 Å². The molecule has 40 heavy (non-hydrogen) atoms. The van der Waals surface area contributed by atoms with Gasteiger partial charge in [-0.25, -0.2) is 0 Å². The number of hydrogen-bond acceptors (Lipinski definition) is 2. The molecule has 2 nitrogen and oxygen atoms in total. The maximum absolute atomic E-state index is 2.36. The molecule has 0 aromatic heterocycles. The number of hydrogen-bond donors (Lipinski definition) is 0. The molecule has 0 aliphatic carbocycles. The zero-order chi connectivity index (χ0) is 27.0. The van der Waals surface area contributed by atoms with E-state index in [1.54, 1.807) is 0 Å². The quantitative estimate of drug-likeness (QED) is 0.186. The van der Waals surface area contributed by atoms with Crippen molar-refractivity contribution >= 4 is 46.3 Å². The van der Waals surface area contributed by atoms with Crippen LogP contribution in [0.15, 0.2) is 170 Å². The van der Waals surface area contributed by atoms with Gasteiger partial charge in [-0.15, -0.1) is 0 Å². The molecule has 0 spiro atoms. The Morgan fingerprint density at radius 1 is 0.325 bits per heavy atom. The highest BCUT2D eigenvalue weighted by molar-refractivity contribution is 5.96. The summed E-state index contributed by atoms with van der Waals surface area (Å²) < 4.78 is 0. The number of benzene rings is 6. The molecule has 0 N–H and O–H groups in total. The monoisotopic (exact) mass is 514 g/mol. The zero-order valence-electron chi connectivity index (χ0n) is 22.2. The molecule has 0 aliphatic heterocycles. The van der Waals surface area contributed by atoms with Crippen LogP contribution in [0, 0.1) is 0 Å². The van der Waals surface area contributed by atoms with Crippen LogP contribution < -0.4 is 9.80 Å². The maximum Gasteiger partial charge on any atom is 0.0775 e. The maximum atomic E-state index is 2.36. The molecule has 0 saturated heterocycles. The Morgan fingerprint density at radius 3 is 1.18 bits per heavy atom. The summed E-state index contributed by atoms with van der Waals surface area (Å²) in [5.74, 6) is 0. The lowest BCUT2D eigenvalue weighted by Crippen LogP contribution is -2.18. The van der Waals surface area contributed by atoms with Gasteiger partial charge in [-0.1, -0.05) is 127 Å². The lowest BCUT2D eigenvalue weighted by Gasteiger charge is -2.34. The first kappa shape index (κ1) is 25.0. The van der Waals surface area contributed by atoms with E-state index in [1.165, 1.54) is 0 Å². The van der Waals surface area contributed by atoms with E-state index >= 15 is 0 Å². The van der Waals surface area contributed by atoms with Crippen molar-refractivity contribution in [1.82, 2.24) is 0 Å². The van der Waals surface area contributed by atoms with Gasteiger partial charge in [0.25, 0.3) is 0 Å². The van der Waals surface area contributed by atoms with Crippen molar-refractivity contribution in [1.29, 1.82) is 0 Å². The largest absolute Gasteiger partial charge is 0.308 e. The van der Waals surface area contributed by atoms with Crippen LogP contribution >= 0.6 is 0 Å². The molecule has 6 aromatic rings. The van der Waals surface area contributed by atoms with Crippen molar-refractivity contribution in [3.05, 3.63) is 181 Å². The molecule has 0 heterocycles. The van der Waals surface area contributed by atoms with Crippen LogP contribution in [-0.4, -0.2) is 0 Å². The first-order valence-corrected chi connectivity index (χ1v) is 13.5. The minimum atomic E-state index is 1.08. The first-order chi connectivity index (χ1) is 19.9. The molecule has 0 fully saturated rings. The number of nitrogens with zero attached hydrogens (tertiary/aromatic N) is 2. The summed E-state index contributed by atoms with van der Waals surface area (Å²) in [5.41, 5.74) is 8.84. The van der Waals surface area contributed by atoms with Gasteiger partial charge < -0.3 is 9.80 Å². The van der Waals surface area contributed by atoms with Crippen LogP contribution in [0.25, 0.3) is 12.2 Å². The summed E-state index contributed by atoms with van der Waals surface area (Å²) in [6.07, 6.45) is 4.41. The van der Waals surface area contributed by atoms with E-state index in [9.17, 15) is 0 Å². The molecule has 2 heteroatoms. The van der Waals surface area contributed by atoms with Gasteiger partial charge in [0.15, 0.2) is 0 Å². The van der Waals surface area contributed by atoms with E-state index in [0.717, 1.165) is 45.3 Å². The molecule has 6 aromatic carbocycles. The van der Waals surface area contributed by atoms with Crippen molar-refractivity contribution < 1.29 is 0 Å². The molecular formula is C38H30N2. The normalized spacial score (nSPS) is 10.9. The second kappa shape index (κ2) is 12.0. The van der Waals surface area contributed by atoms with E-state index in [2.05, 4.69) is 186 Å². The summed E-state index contributed by atoms with van der Waals surface area (Å²) >= 11 is 0. The van der Waals surface area contributed by atoms with Crippen LogP contribution in [0.2, 0.25) is 0 Å². The highest BCUT2D eigenvalue weighted by atomic mass is 15.2. The smallest absolute Gasteiger partial charge is 0.0775 e. The summed E-state index contributed by atoms with van der Waals surface area (Å²) in [4.78, 5) is 4.70. The predicted octanol–water partition coefficient (Wildman–Crippen LogP) is 10.8. The molecular weight excluding hydrogens is 484 g/mol. The van der Waals surface area contributed by atoms with E-state index in [4.69, 9.17) is 0 Å². The Hall–Kier alpha value is -5.34.